The maximum absolute atomic E-state index is 9.00. The summed E-state index contributed by atoms with van der Waals surface area (Å²) in [7, 11) is 3.95. The molecule has 0 saturated carbocycles. The zero-order valence-electron chi connectivity index (χ0n) is 18.5. The molecule has 1 fully saturated rings. The van der Waals surface area contributed by atoms with Crippen LogP contribution in [-0.4, -0.2) is 60.1 Å². The number of piperazine rings is 1. The monoisotopic (exact) mass is 430 g/mol. The Hall–Kier alpha value is -3.90. The molecule has 9 nitrogen and oxygen atoms in total. The summed E-state index contributed by atoms with van der Waals surface area (Å²) in [6.45, 7) is 5.99. The molecular formula is C23H26N8O. The number of hydrogen-bond acceptors (Lipinski definition) is 9. The van der Waals surface area contributed by atoms with Gasteiger partial charge in [-0.15, -0.1) is 0 Å². The lowest BCUT2D eigenvalue weighted by Crippen LogP contribution is -2.44. The number of pyridine rings is 3. The van der Waals surface area contributed by atoms with Crippen LogP contribution in [0.1, 0.15) is 11.3 Å². The van der Waals surface area contributed by atoms with E-state index in [1.165, 1.54) is 6.20 Å². The zero-order valence-corrected chi connectivity index (χ0v) is 18.5. The third kappa shape index (κ3) is 5.04. The van der Waals surface area contributed by atoms with E-state index in [0.717, 1.165) is 48.9 Å². The van der Waals surface area contributed by atoms with Crippen molar-refractivity contribution in [2.24, 2.45) is 0 Å². The summed E-state index contributed by atoms with van der Waals surface area (Å²) in [5.41, 5.74) is 3.07. The molecule has 164 valence electrons. The predicted octanol–water partition coefficient (Wildman–Crippen LogP) is 3.38. The molecule has 0 radical (unpaired) electrons. The highest BCUT2D eigenvalue weighted by molar-refractivity contribution is 5.63. The highest BCUT2D eigenvalue weighted by Crippen LogP contribution is 2.28. The standard InChI is InChI=1S/C23H26N8O/c1-16-10-18(13-24)26-15-20(16)32-23-12-17(11-22(25-2)29-23)28-21-5-4-19(14-27-21)31-8-6-30(3)7-9-31/h4-5,10-12,14-15H,6-9H2,1-3H3,(H2,25,27,28,29). The third-order valence-corrected chi connectivity index (χ3v) is 5.34. The molecule has 0 spiro atoms. The number of ether oxygens (including phenoxy) is 1. The lowest BCUT2D eigenvalue weighted by atomic mass is 10.2. The van der Waals surface area contributed by atoms with E-state index in [1.54, 1.807) is 19.2 Å². The molecule has 0 aliphatic carbocycles. The van der Waals surface area contributed by atoms with Crippen LogP contribution in [0.15, 0.2) is 42.7 Å². The Balaban J connectivity index is 1.49. The predicted molar refractivity (Wildman–Crippen MR) is 125 cm³/mol. The minimum Gasteiger partial charge on any atom is -0.437 e. The van der Waals surface area contributed by atoms with Gasteiger partial charge in [-0.2, -0.15) is 10.2 Å². The molecule has 1 aliphatic rings. The number of nitrogens with zero attached hydrogens (tertiary/aromatic N) is 6. The fraction of sp³-hybridized carbons (Fsp3) is 0.304. The van der Waals surface area contributed by atoms with Gasteiger partial charge in [-0.1, -0.05) is 0 Å². The molecule has 0 bridgehead atoms. The molecule has 0 unspecified atom stereocenters. The fourth-order valence-corrected chi connectivity index (χ4v) is 3.44. The molecule has 4 heterocycles. The van der Waals surface area contributed by atoms with Gasteiger partial charge in [0, 0.05) is 51.0 Å². The van der Waals surface area contributed by atoms with Crippen molar-refractivity contribution >= 4 is 23.0 Å². The Morgan fingerprint density at radius 2 is 1.84 bits per heavy atom. The second kappa shape index (κ2) is 9.49. The van der Waals surface area contributed by atoms with Crippen LogP contribution in [0.3, 0.4) is 0 Å². The van der Waals surface area contributed by atoms with Crippen LogP contribution in [0.4, 0.5) is 23.0 Å². The van der Waals surface area contributed by atoms with E-state index in [2.05, 4.69) is 48.5 Å². The van der Waals surface area contributed by atoms with Crippen molar-refractivity contribution in [3.63, 3.8) is 0 Å². The Morgan fingerprint density at radius 1 is 1.03 bits per heavy atom. The van der Waals surface area contributed by atoms with Crippen molar-refractivity contribution in [3.05, 3.63) is 54.0 Å². The smallest absolute Gasteiger partial charge is 0.223 e. The van der Waals surface area contributed by atoms with Crippen LogP contribution in [0.5, 0.6) is 11.6 Å². The molecule has 0 amide bonds. The molecule has 1 saturated heterocycles. The summed E-state index contributed by atoms with van der Waals surface area (Å²) in [6, 6.07) is 11.5. The number of rotatable bonds is 6. The van der Waals surface area contributed by atoms with Crippen LogP contribution in [0.2, 0.25) is 0 Å². The number of nitrogens with one attached hydrogen (secondary N) is 2. The number of hydrogen-bond donors (Lipinski definition) is 2. The average molecular weight is 431 g/mol. The van der Waals surface area contributed by atoms with Gasteiger partial charge in [0.25, 0.3) is 0 Å². The summed E-state index contributed by atoms with van der Waals surface area (Å²) in [4.78, 5) is 17.8. The van der Waals surface area contributed by atoms with E-state index in [-0.39, 0.29) is 0 Å². The van der Waals surface area contributed by atoms with Crippen LogP contribution >= 0.6 is 0 Å². The topological polar surface area (TPSA) is 102 Å². The zero-order chi connectivity index (χ0) is 22.5. The molecule has 1 aliphatic heterocycles. The maximum Gasteiger partial charge on any atom is 0.223 e. The average Bonchev–Trinajstić information content (AvgIpc) is 2.81. The van der Waals surface area contributed by atoms with Gasteiger partial charge in [-0.05, 0) is 37.7 Å². The maximum atomic E-state index is 9.00. The van der Waals surface area contributed by atoms with Crippen LogP contribution < -0.4 is 20.3 Å². The molecule has 0 aromatic carbocycles. The van der Waals surface area contributed by atoms with Gasteiger partial charge < -0.3 is 25.2 Å². The largest absolute Gasteiger partial charge is 0.437 e. The summed E-state index contributed by atoms with van der Waals surface area (Å²) in [6.07, 6.45) is 3.43. The quantitative estimate of drug-likeness (QED) is 0.609. The molecular weight excluding hydrogens is 404 g/mol. The summed E-state index contributed by atoms with van der Waals surface area (Å²) < 4.78 is 5.94. The second-order valence-electron chi connectivity index (χ2n) is 7.70. The van der Waals surface area contributed by atoms with Gasteiger partial charge in [-0.25, -0.2) is 9.97 Å². The van der Waals surface area contributed by atoms with E-state index in [9.17, 15) is 0 Å². The molecule has 2 N–H and O–H groups in total. The minimum absolute atomic E-state index is 0.347. The molecule has 3 aromatic heterocycles. The Bertz CT molecular complexity index is 1120. The van der Waals surface area contributed by atoms with E-state index >= 15 is 0 Å². The Kier molecular flexibility index (Phi) is 6.33. The van der Waals surface area contributed by atoms with Crippen molar-refractivity contribution < 1.29 is 4.74 Å². The lowest BCUT2D eigenvalue weighted by Gasteiger charge is -2.33. The highest BCUT2D eigenvalue weighted by Gasteiger charge is 2.14. The molecule has 32 heavy (non-hydrogen) atoms. The van der Waals surface area contributed by atoms with Crippen molar-refractivity contribution in [2.45, 2.75) is 6.92 Å². The van der Waals surface area contributed by atoms with Gasteiger partial charge in [0.05, 0.1) is 18.1 Å². The van der Waals surface area contributed by atoms with Crippen molar-refractivity contribution in [3.8, 4) is 17.7 Å². The van der Waals surface area contributed by atoms with Gasteiger partial charge in [-0.3, -0.25) is 0 Å². The Labute approximate surface area is 187 Å². The van der Waals surface area contributed by atoms with Crippen molar-refractivity contribution in [2.75, 3.05) is 55.8 Å². The van der Waals surface area contributed by atoms with E-state index in [0.29, 0.717) is 23.1 Å². The SMILES string of the molecule is CNc1cc(Nc2ccc(N3CCN(C)CC3)cn2)cc(Oc2cnc(C#N)cc2C)n1. The number of aryl methyl sites for hydroxylation is 1. The molecule has 9 heteroatoms. The first-order valence-electron chi connectivity index (χ1n) is 10.4. The van der Waals surface area contributed by atoms with Gasteiger partial charge in [0.15, 0.2) is 5.75 Å². The van der Waals surface area contributed by atoms with E-state index in [1.807, 2.05) is 31.3 Å². The van der Waals surface area contributed by atoms with Crippen LogP contribution in [0, 0.1) is 18.3 Å². The first-order chi connectivity index (χ1) is 15.5. The van der Waals surface area contributed by atoms with E-state index < -0.39 is 0 Å². The first kappa shape index (κ1) is 21.3. The Morgan fingerprint density at radius 3 is 2.50 bits per heavy atom. The number of anilines is 4. The lowest BCUT2D eigenvalue weighted by molar-refractivity contribution is 0.313. The van der Waals surface area contributed by atoms with Gasteiger partial charge in [0.2, 0.25) is 5.88 Å². The second-order valence-corrected chi connectivity index (χ2v) is 7.70. The van der Waals surface area contributed by atoms with Gasteiger partial charge >= 0.3 is 0 Å². The summed E-state index contributed by atoms with van der Waals surface area (Å²) in [5.74, 6) is 2.34. The van der Waals surface area contributed by atoms with E-state index in [4.69, 9.17) is 10.00 Å². The fourth-order valence-electron chi connectivity index (χ4n) is 3.44. The summed E-state index contributed by atoms with van der Waals surface area (Å²) in [5, 5.41) is 15.4. The molecule has 3 aromatic rings. The normalized spacial score (nSPS) is 14.0. The van der Waals surface area contributed by atoms with Crippen LogP contribution in [0.25, 0.3) is 0 Å². The third-order valence-electron chi connectivity index (χ3n) is 5.34. The number of aromatic nitrogens is 3. The minimum atomic E-state index is 0.347. The van der Waals surface area contributed by atoms with Crippen molar-refractivity contribution in [1.82, 2.24) is 19.9 Å². The van der Waals surface area contributed by atoms with Crippen molar-refractivity contribution in [1.29, 1.82) is 5.26 Å². The van der Waals surface area contributed by atoms with Crippen LogP contribution in [-0.2, 0) is 0 Å². The molecule has 4 rings (SSSR count). The first-order valence-corrected chi connectivity index (χ1v) is 10.4. The highest BCUT2D eigenvalue weighted by atomic mass is 16.5. The van der Waals surface area contributed by atoms with Gasteiger partial charge in [0.1, 0.15) is 23.4 Å². The summed E-state index contributed by atoms with van der Waals surface area (Å²) >= 11 is 0. The number of nitriles is 1. The molecule has 0 atom stereocenters. The number of likely N-dealkylation sites (N-methyl/N-ethyl adjacent to an activating group) is 1.